The van der Waals surface area contributed by atoms with Crippen LogP contribution in [0.25, 0.3) is 0 Å². The maximum Gasteiger partial charge on any atom is 0.326 e. The van der Waals surface area contributed by atoms with Gasteiger partial charge in [-0.2, -0.15) is 0 Å². The average Bonchev–Trinajstić information content (AvgIpc) is 2.38. The Morgan fingerprint density at radius 3 is 2.74 bits per heavy atom. The van der Waals surface area contributed by atoms with Gasteiger partial charge in [0.1, 0.15) is 18.4 Å². The number of rotatable bonds is 6. The molecule has 0 aromatic heterocycles. The van der Waals surface area contributed by atoms with E-state index in [0.717, 1.165) is 0 Å². The third kappa shape index (κ3) is 4.49. The molecule has 0 amide bonds. The Bertz CT molecular complexity index is 480. The lowest BCUT2D eigenvalue weighted by molar-refractivity contribution is -0.385. The highest BCUT2D eigenvalue weighted by atomic mass is 79.9. The number of hydrogen-bond donors (Lipinski definition) is 1. The summed E-state index contributed by atoms with van der Waals surface area (Å²) >= 11 is 3.16. The molecule has 1 unspecified atom stereocenters. The second kappa shape index (κ2) is 7.05. The zero-order valence-electron chi connectivity index (χ0n) is 10.4. The van der Waals surface area contributed by atoms with Crippen molar-refractivity contribution in [2.45, 2.75) is 6.04 Å². The molecule has 7 nitrogen and oxygen atoms in total. The molecule has 0 radical (unpaired) electrons. The highest BCUT2D eigenvalue weighted by Crippen LogP contribution is 2.26. The van der Waals surface area contributed by atoms with Gasteiger partial charge < -0.3 is 14.8 Å². The van der Waals surface area contributed by atoms with Crippen molar-refractivity contribution in [3.05, 3.63) is 32.8 Å². The van der Waals surface area contributed by atoms with Gasteiger partial charge in [-0.1, -0.05) is 15.9 Å². The minimum absolute atomic E-state index is 0.0107. The molecule has 0 bridgehead atoms. The average molecular weight is 333 g/mol. The number of nitro benzene ring substituents is 1. The van der Waals surface area contributed by atoms with Gasteiger partial charge in [0.2, 0.25) is 0 Å². The van der Waals surface area contributed by atoms with Crippen LogP contribution in [0, 0.1) is 10.1 Å². The van der Waals surface area contributed by atoms with Crippen LogP contribution in [-0.2, 0) is 9.53 Å². The molecule has 19 heavy (non-hydrogen) atoms. The first kappa shape index (κ1) is 15.4. The molecule has 0 spiro atoms. The van der Waals surface area contributed by atoms with Crippen molar-refractivity contribution in [3.8, 4) is 5.75 Å². The minimum atomic E-state index is -0.636. The number of halogens is 1. The molecule has 0 aliphatic rings. The molecule has 1 N–H and O–H groups in total. The maximum atomic E-state index is 11.3. The van der Waals surface area contributed by atoms with Crippen LogP contribution < -0.4 is 10.1 Å². The zero-order valence-corrected chi connectivity index (χ0v) is 12.0. The van der Waals surface area contributed by atoms with Gasteiger partial charge in [0.25, 0.3) is 5.69 Å². The van der Waals surface area contributed by atoms with E-state index in [1.165, 1.54) is 19.2 Å². The van der Waals surface area contributed by atoms with Gasteiger partial charge in [0.05, 0.1) is 18.1 Å². The van der Waals surface area contributed by atoms with Gasteiger partial charge in [0.15, 0.2) is 0 Å². The standard InChI is InChI=1S/C11H13BrN2O5/c1-13-10(11(15)18-2)6-19-9-4-7(12)3-8(5-9)14(16)17/h3-5,10,13H,6H2,1-2H3. The summed E-state index contributed by atoms with van der Waals surface area (Å²) in [7, 11) is 2.87. The number of methoxy groups -OCH3 is 1. The highest BCUT2D eigenvalue weighted by Gasteiger charge is 2.18. The second-order valence-corrected chi connectivity index (χ2v) is 4.49. The molecule has 0 saturated carbocycles. The number of carbonyl (C=O) groups excluding carboxylic acids is 1. The number of nitrogens with zero attached hydrogens (tertiary/aromatic N) is 1. The van der Waals surface area contributed by atoms with Crippen molar-refractivity contribution < 1.29 is 19.2 Å². The Morgan fingerprint density at radius 2 is 2.21 bits per heavy atom. The van der Waals surface area contributed by atoms with Gasteiger partial charge in [-0.05, 0) is 13.1 Å². The number of esters is 1. The lowest BCUT2D eigenvalue weighted by Gasteiger charge is -2.14. The SMILES string of the molecule is CNC(COc1cc(Br)cc([N+](=O)[O-])c1)C(=O)OC. The van der Waals surface area contributed by atoms with E-state index >= 15 is 0 Å². The summed E-state index contributed by atoms with van der Waals surface area (Å²) in [6, 6.07) is 3.59. The van der Waals surface area contributed by atoms with E-state index in [1.807, 2.05) is 0 Å². The molecule has 1 aromatic rings. The molecule has 0 aliphatic heterocycles. The van der Waals surface area contributed by atoms with Crippen molar-refractivity contribution in [2.75, 3.05) is 20.8 Å². The van der Waals surface area contributed by atoms with Crippen molar-refractivity contribution in [1.29, 1.82) is 0 Å². The molecule has 0 saturated heterocycles. The molecular formula is C11H13BrN2O5. The Hall–Kier alpha value is -1.67. The van der Waals surface area contributed by atoms with Gasteiger partial charge in [0, 0.05) is 10.5 Å². The molecule has 104 valence electrons. The van der Waals surface area contributed by atoms with Gasteiger partial charge in [-0.3, -0.25) is 14.9 Å². The molecule has 0 aliphatic carbocycles. The molecule has 0 heterocycles. The Kier molecular flexibility index (Phi) is 5.71. The third-order valence-corrected chi connectivity index (χ3v) is 2.78. The second-order valence-electron chi connectivity index (χ2n) is 3.58. The first-order valence-electron chi connectivity index (χ1n) is 5.30. The summed E-state index contributed by atoms with van der Waals surface area (Å²) in [5, 5.41) is 13.4. The van der Waals surface area contributed by atoms with Crippen LogP contribution >= 0.6 is 15.9 Å². The highest BCUT2D eigenvalue weighted by molar-refractivity contribution is 9.10. The van der Waals surface area contributed by atoms with Crippen molar-refractivity contribution in [3.63, 3.8) is 0 Å². The van der Waals surface area contributed by atoms with Gasteiger partial charge in [-0.25, -0.2) is 0 Å². The molecule has 1 atom stereocenters. The summed E-state index contributed by atoms with van der Waals surface area (Å²) in [6.45, 7) is 0.0107. The molecule has 1 rings (SSSR count). The fourth-order valence-corrected chi connectivity index (χ4v) is 1.79. The zero-order chi connectivity index (χ0) is 14.4. The summed E-state index contributed by atoms with van der Waals surface area (Å²) in [5.74, 6) is -0.169. The largest absolute Gasteiger partial charge is 0.491 e. The normalized spacial score (nSPS) is 11.7. The predicted octanol–water partition coefficient (Wildman–Crippen LogP) is 1.50. The predicted molar refractivity (Wildman–Crippen MR) is 71.2 cm³/mol. The lowest BCUT2D eigenvalue weighted by Crippen LogP contribution is -2.40. The first-order valence-corrected chi connectivity index (χ1v) is 6.10. The van der Waals surface area contributed by atoms with Crippen molar-refractivity contribution in [1.82, 2.24) is 5.32 Å². The van der Waals surface area contributed by atoms with E-state index in [1.54, 1.807) is 13.1 Å². The topological polar surface area (TPSA) is 90.7 Å². The van der Waals surface area contributed by atoms with Crippen LogP contribution in [0.3, 0.4) is 0 Å². The van der Waals surface area contributed by atoms with Gasteiger partial charge in [-0.15, -0.1) is 0 Å². The van der Waals surface area contributed by atoms with Crippen LogP contribution in [0.4, 0.5) is 5.69 Å². The van der Waals surface area contributed by atoms with Crippen LogP contribution in [0.15, 0.2) is 22.7 Å². The fourth-order valence-electron chi connectivity index (χ4n) is 1.33. The molecule has 1 aromatic carbocycles. The van der Waals surface area contributed by atoms with Gasteiger partial charge >= 0.3 is 5.97 Å². The monoisotopic (exact) mass is 332 g/mol. The number of ether oxygens (including phenoxy) is 2. The van der Waals surface area contributed by atoms with E-state index in [2.05, 4.69) is 26.0 Å². The maximum absolute atomic E-state index is 11.3. The molecular weight excluding hydrogens is 320 g/mol. The Labute approximate surface area is 118 Å². The summed E-state index contributed by atoms with van der Waals surface area (Å²) in [4.78, 5) is 21.5. The van der Waals surface area contributed by atoms with E-state index < -0.39 is 16.9 Å². The number of likely N-dealkylation sites (N-methyl/N-ethyl adjacent to an activating group) is 1. The van der Waals surface area contributed by atoms with E-state index in [4.69, 9.17) is 4.74 Å². The van der Waals surface area contributed by atoms with E-state index in [9.17, 15) is 14.9 Å². The van der Waals surface area contributed by atoms with E-state index in [-0.39, 0.29) is 12.3 Å². The summed E-state index contributed by atoms with van der Waals surface area (Å²) in [5.41, 5.74) is -0.0940. The van der Waals surface area contributed by atoms with Crippen LogP contribution in [0.5, 0.6) is 5.75 Å². The van der Waals surface area contributed by atoms with Crippen molar-refractivity contribution >= 4 is 27.6 Å². The Balaban J connectivity index is 2.77. The van der Waals surface area contributed by atoms with Crippen LogP contribution in [-0.4, -0.2) is 37.7 Å². The number of non-ortho nitro benzene ring substituents is 1. The number of nitro groups is 1. The fraction of sp³-hybridized carbons (Fsp3) is 0.364. The number of benzene rings is 1. The molecule has 0 fully saturated rings. The third-order valence-electron chi connectivity index (χ3n) is 2.32. The first-order chi connectivity index (χ1) is 8.97. The van der Waals surface area contributed by atoms with Crippen LogP contribution in [0.2, 0.25) is 0 Å². The summed E-state index contributed by atoms with van der Waals surface area (Å²) in [6.07, 6.45) is 0. The molecule has 8 heteroatoms. The number of hydrogen-bond acceptors (Lipinski definition) is 6. The lowest BCUT2D eigenvalue weighted by atomic mass is 10.3. The summed E-state index contributed by atoms with van der Waals surface area (Å²) < 4.78 is 10.5. The smallest absolute Gasteiger partial charge is 0.326 e. The van der Waals surface area contributed by atoms with Crippen LogP contribution in [0.1, 0.15) is 0 Å². The minimum Gasteiger partial charge on any atom is -0.491 e. The Morgan fingerprint density at radius 1 is 1.53 bits per heavy atom. The quantitative estimate of drug-likeness (QED) is 0.482. The number of carbonyl (C=O) groups is 1. The number of nitrogens with one attached hydrogen (secondary N) is 1. The van der Waals surface area contributed by atoms with E-state index in [0.29, 0.717) is 10.2 Å². The van der Waals surface area contributed by atoms with Crippen molar-refractivity contribution in [2.24, 2.45) is 0 Å².